The maximum absolute atomic E-state index is 13.6. The molecule has 1 aromatic heterocycles. The van der Waals surface area contributed by atoms with Crippen molar-refractivity contribution in [1.29, 1.82) is 0 Å². The van der Waals surface area contributed by atoms with Gasteiger partial charge in [0.1, 0.15) is 5.82 Å². The third kappa shape index (κ3) is 2.36. The molecule has 0 radical (unpaired) electrons. The van der Waals surface area contributed by atoms with Crippen LogP contribution < -0.4 is 5.69 Å². The van der Waals surface area contributed by atoms with Crippen molar-refractivity contribution in [3.8, 4) is 0 Å². The van der Waals surface area contributed by atoms with E-state index < -0.39 is 0 Å². The molecule has 0 aliphatic carbocycles. The number of rotatable bonds is 2. The van der Waals surface area contributed by atoms with Gasteiger partial charge < -0.3 is 0 Å². The van der Waals surface area contributed by atoms with Crippen molar-refractivity contribution in [2.75, 3.05) is 0 Å². The third-order valence-electron chi connectivity index (χ3n) is 2.82. The standard InChI is InChI=1S/C13H12BrFN2O/c1-8-12(14)9(2)17(13(18)16-8)7-10-5-3-4-6-11(10)15/h3-6H,7H2,1-2H3. The van der Waals surface area contributed by atoms with Crippen molar-refractivity contribution < 1.29 is 4.39 Å². The molecular weight excluding hydrogens is 299 g/mol. The summed E-state index contributed by atoms with van der Waals surface area (Å²) in [5.41, 5.74) is 1.50. The Morgan fingerprint density at radius 1 is 1.33 bits per heavy atom. The zero-order valence-corrected chi connectivity index (χ0v) is 11.7. The van der Waals surface area contributed by atoms with Gasteiger partial charge in [-0.05, 0) is 35.8 Å². The van der Waals surface area contributed by atoms with Gasteiger partial charge in [0, 0.05) is 11.3 Å². The van der Waals surface area contributed by atoms with Gasteiger partial charge in [-0.15, -0.1) is 0 Å². The van der Waals surface area contributed by atoms with E-state index in [1.165, 1.54) is 10.6 Å². The van der Waals surface area contributed by atoms with Crippen molar-refractivity contribution >= 4 is 15.9 Å². The third-order valence-corrected chi connectivity index (χ3v) is 3.97. The summed E-state index contributed by atoms with van der Waals surface area (Å²) in [6, 6.07) is 6.41. The molecule has 3 nitrogen and oxygen atoms in total. The fourth-order valence-corrected chi connectivity index (χ4v) is 2.06. The van der Waals surface area contributed by atoms with Crippen LogP contribution in [0, 0.1) is 19.7 Å². The summed E-state index contributed by atoms with van der Waals surface area (Å²) in [5, 5.41) is 0. The van der Waals surface area contributed by atoms with E-state index in [2.05, 4.69) is 20.9 Å². The number of hydrogen-bond acceptors (Lipinski definition) is 2. The van der Waals surface area contributed by atoms with Gasteiger partial charge in [0.15, 0.2) is 0 Å². The first-order valence-electron chi connectivity index (χ1n) is 5.47. The molecule has 0 aliphatic heterocycles. The summed E-state index contributed by atoms with van der Waals surface area (Å²) in [7, 11) is 0. The van der Waals surface area contributed by atoms with E-state index in [1.54, 1.807) is 32.0 Å². The van der Waals surface area contributed by atoms with Crippen molar-refractivity contribution in [3.05, 3.63) is 62.0 Å². The Bertz CT molecular complexity index is 652. The number of hydrogen-bond donors (Lipinski definition) is 0. The molecule has 0 amide bonds. The van der Waals surface area contributed by atoms with Crippen molar-refractivity contribution in [1.82, 2.24) is 9.55 Å². The van der Waals surface area contributed by atoms with Crippen molar-refractivity contribution in [2.45, 2.75) is 20.4 Å². The van der Waals surface area contributed by atoms with Crippen LogP contribution in [0.1, 0.15) is 17.0 Å². The van der Waals surface area contributed by atoms with Gasteiger partial charge in [-0.25, -0.2) is 9.18 Å². The van der Waals surface area contributed by atoms with Gasteiger partial charge >= 0.3 is 5.69 Å². The van der Waals surface area contributed by atoms with E-state index in [0.29, 0.717) is 11.3 Å². The van der Waals surface area contributed by atoms with Crippen LogP contribution in [0.4, 0.5) is 4.39 Å². The van der Waals surface area contributed by atoms with Gasteiger partial charge in [-0.1, -0.05) is 18.2 Å². The highest BCUT2D eigenvalue weighted by Crippen LogP contribution is 2.18. The minimum absolute atomic E-state index is 0.184. The van der Waals surface area contributed by atoms with Gasteiger partial charge in [-0.3, -0.25) is 4.57 Å². The van der Waals surface area contributed by atoms with E-state index in [9.17, 15) is 9.18 Å². The lowest BCUT2D eigenvalue weighted by Crippen LogP contribution is -2.27. The average Bonchev–Trinajstić information content (AvgIpc) is 2.34. The highest BCUT2D eigenvalue weighted by Gasteiger charge is 2.11. The molecule has 0 saturated heterocycles. The summed E-state index contributed by atoms with van der Waals surface area (Å²) in [5.74, 6) is -0.319. The molecule has 0 unspecified atom stereocenters. The summed E-state index contributed by atoms with van der Waals surface area (Å²) in [6.07, 6.45) is 0. The Kier molecular flexibility index (Phi) is 3.61. The van der Waals surface area contributed by atoms with Crippen LogP contribution in [-0.4, -0.2) is 9.55 Å². The molecule has 0 N–H and O–H groups in total. The molecule has 0 bridgehead atoms. The van der Waals surface area contributed by atoms with E-state index >= 15 is 0 Å². The van der Waals surface area contributed by atoms with Gasteiger partial charge in [0.2, 0.25) is 0 Å². The maximum atomic E-state index is 13.6. The number of aromatic nitrogens is 2. The molecule has 1 heterocycles. The summed E-state index contributed by atoms with van der Waals surface area (Å²) in [6.45, 7) is 3.75. The molecule has 2 rings (SSSR count). The second-order valence-electron chi connectivity index (χ2n) is 4.06. The van der Waals surface area contributed by atoms with Crippen molar-refractivity contribution in [2.24, 2.45) is 0 Å². The topological polar surface area (TPSA) is 34.9 Å². The predicted molar refractivity (Wildman–Crippen MR) is 71.2 cm³/mol. The molecule has 5 heteroatoms. The lowest BCUT2D eigenvalue weighted by atomic mass is 10.2. The molecule has 0 saturated carbocycles. The minimum atomic E-state index is -0.364. The van der Waals surface area contributed by atoms with Crippen LogP contribution in [0.5, 0.6) is 0 Å². The quantitative estimate of drug-likeness (QED) is 0.855. The molecule has 0 fully saturated rings. The number of nitrogens with zero attached hydrogens (tertiary/aromatic N) is 2. The molecule has 94 valence electrons. The first kappa shape index (κ1) is 13.0. The van der Waals surface area contributed by atoms with Gasteiger partial charge in [0.05, 0.1) is 16.7 Å². The average molecular weight is 311 g/mol. The Morgan fingerprint density at radius 2 is 2.00 bits per heavy atom. The monoisotopic (exact) mass is 310 g/mol. The van der Waals surface area contributed by atoms with Crippen LogP contribution in [0.3, 0.4) is 0 Å². The lowest BCUT2D eigenvalue weighted by molar-refractivity contribution is 0.588. The molecule has 2 aromatic rings. The number of halogens is 2. The Morgan fingerprint density at radius 3 is 2.67 bits per heavy atom. The molecule has 0 atom stereocenters. The summed E-state index contributed by atoms with van der Waals surface area (Å²) in [4.78, 5) is 15.7. The first-order chi connectivity index (χ1) is 8.50. The predicted octanol–water partition coefficient (Wildman–Crippen LogP) is 2.81. The van der Waals surface area contributed by atoms with Crippen LogP contribution >= 0.6 is 15.9 Å². The fourth-order valence-electron chi connectivity index (χ4n) is 1.76. The number of benzene rings is 1. The highest BCUT2D eigenvalue weighted by atomic mass is 79.9. The van der Waals surface area contributed by atoms with Crippen LogP contribution in [0.25, 0.3) is 0 Å². The van der Waals surface area contributed by atoms with E-state index in [-0.39, 0.29) is 18.1 Å². The molecule has 1 aromatic carbocycles. The SMILES string of the molecule is Cc1nc(=O)n(Cc2ccccc2F)c(C)c1Br. The molecule has 18 heavy (non-hydrogen) atoms. The number of aryl methyl sites for hydroxylation is 1. The van der Waals surface area contributed by atoms with Gasteiger partial charge in [0.25, 0.3) is 0 Å². The Balaban J connectivity index is 2.51. The lowest BCUT2D eigenvalue weighted by Gasteiger charge is -2.12. The zero-order chi connectivity index (χ0) is 13.3. The maximum Gasteiger partial charge on any atom is 0.348 e. The Hall–Kier alpha value is -1.49. The normalized spacial score (nSPS) is 10.7. The van der Waals surface area contributed by atoms with E-state index in [0.717, 1.165) is 10.2 Å². The highest BCUT2D eigenvalue weighted by molar-refractivity contribution is 9.10. The van der Waals surface area contributed by atoms with E-state index in [4.69, 9.17) is 0 Å². The largest absolute Gasteiger partial charge is 0.348 e. The van der Waals surface area contributed by atoms with Gasteiger partial charge in [-0.2, -0.15) is 4.98 Å². The summed E-state index contributed by atoms with van der Waals surface area (Å²) < 4.78 is 15.8. The minimum Gasteiger partial charge on any atom is -0.291 e. The van der Waals surface area contributed by atoms with Crippen molar-refractivity contribution in [3.63, 3.8) is 0 Å². The molecule has 0 spiro atoms. The Labute approximate surface area is 112 Å². The van der Waals surface area contributed by atoms with Crippen LogP contribution in [0.2, 0.25) is 0 Å². The molecule has 0 aliphatic rings. The van der Waals surface area contributed by atoms with Crippen LogP contribution in [-0.2, 0) is 6.54 Å². The summed E-state index contributed by atoms with van der Waals surface area (Å²) >= 11 is 3.38. The van der Waals surface area contributed by atoms with E-state index in [1.807, 2.05) is 0 Å². The second-order valence-corrected chi connectivity index (χ2v) is 4.85. The first-order valence-corrected chi connectivity index (χ1v) is 6.27. The second kappa shape index (κ2) is 5.02. The zero-order valence-electron chi connectivity index (χ0n) is 10.1. The van der Waals surface area contributed by atoms with Crippen LogP contribution in [0.15, 0.2) is 33.5 Å². The smallest absolute Gasteiger partial charge is 0.291 e. The fraction of sp³-hybridized carbons (Fsp3) is 0.231. The molecular formula is C13H12BrFN2O.